The fourth-order valence-corrected chi connectivity index (χ4v) is 1.53. The summed E-state index contributed by atoms with van der Waals surface area (Å²) in [6.07, 6.45) is 0.558. The van der Waals surface area contributed by atoms with Crippen molar-refractivity contribution in [1.82, 2.24) is 0 Å². The van der Waals surface area contributed by atoms with E-state index in [4.69, 9.17) is 5.11 Å². The second-order valence-corrected chi connectivity index (χ2v) is 4.07. The van der Waals surface area contributed by atoms with Gasteiger partial charge in [0, 0.05) is 5.56 Å². The first-order chi connectivity index (χ1) is 7.41. The molecule has 0 bridgehead atoms. The molecule has 0 amide bonds. The molecule has 0 aliphatic carbocycles. The molecule has 86 valence electrons. The largest absolute Gasteiger partial charge is 0.508 e. The van der Waals surface area contributed by atoms with Gasteiger partial charge < -0.3 is 10.2 Å². The lowest BCUT2D eigenvalue weighted by molar-refractivity contribution is -0.131. The molecule has 0 saturated carbocycles. The van der Waals surface area contributed by atoms with E-state index in [9.17, 15) is 14.7 Å². The van der Waals surface area contributed by atoms with E-state index in [0.717, 1.165) is 0 Å². The van der Waals surface area contributed by atoms with E-state index >= 15 is 0 Å². The molecule has 0 radical (unpaired) electrons. The van der Waals surface area contributed by atoms with E-state index in [1.165, 1.54) is 18.2 Å². The number of hydrogen-bond donors (Lipinski definition) is 2. The lowest BCUT2D eigenvalue weighted by Gasteiger charge is -2.09. The molecule has 0 spiro atoms. The number of rotatable bonds is 4. The second kappa shape index (κ2) is 4.79. The summed E-state index contributed by atoms with van der Waals surface area (Å²) in [4.78, 5) is 22.0. The Morgan fingerprint density at radius 2 is 1.94 bits per heavy atom. The third kappa shape index (κ3) is 2.82. The third-order valence-corrected chi connectivity index (χ3v) is 2.16. The zero-order valence-electron chi connectivity index (χ0n) is 9.23. The van der Waals surface area contributed by atoms with Crippen molar-refractivity contribution in [2.45, 2.75) is 20.3 Å². The second-order valence-electron chi connectivity index (χ2n) is 4.07. The minimum atomic E-state index is -1.48. The van der Waals surface area contributed by atoms with Crippen LogP contribution in [0.5, 0.6) is 5.75 Å². The maximum absolute atomic E-state index is 11.4. The van der Waals surface area contributed by atoms with E-state index in [2.05, 4.69) is 0 Å². The fourth-order valence-electron chi connectivity index (χ4n) is 1.53. The molecule has 0 atom stereocenters. The van der Waals surface area contributed by atoms with Crippen LogP contribution in [-0.4, -0.2) is 22.0 Å². The van der Waals surface area contributed by atoms with Crippen LogP contribution in [0.1, 0.15) is 29.8 Å². The van der Waals surface area contributed by atoms with Gasteiger partial charge in [-0.3, -0.25) is 4.79 Å². The molecule has 4 nitrogen and oxygen atoms in total. The Morgan fingerprint density at radius 1 is 1.31 bits per heavy atom. The van der Waals surface area contributed by atoms with Gasteiger partial charge in [0.15, 0.2) is 0 Å². The van der Waals surface area contributed by atoms with Crippen molar-refractivity contribution >= 4 is 11.8 Å². The predicted molar refractivity (Wildman–Crippen MR) is 58.6 cm³/mol. The summed E-state index contributed by atoms with van der Waals surface area (Å²) in [5.74, 6) is -2.09. The number of ketones is 1. The highest BCUT2D eigenvalue weighted by Crippen LogP contribution is 2.20. The van der Waals surface area contributed by atoms with Gasteiger partial charge in [-0.15, -0.1) is 0 Å². The quantitative estimate of drug-likeness (QED) is 0.602. The molecule has 0 aliphatic rings. The zero-order chi connectivity index (χ0) is 12.3. The van der Waals surface area contributed by atoms with E-state index in [-0.39, 0.29) is 17.2 Å². The van der Waals surface area contributed by atoms with Crippen molar-refractivity contribution in [3.63, 3.8) is 0 Å². The third-order valence-electron chi connectivity index (χ3n) is 2.16. The summed E-state index contributed by atoms with van der Waals surface area (Å²) >= 11 is 0. The first kappa shape index (κ1) is 12.2. The maximum atomic E-state index is 11.4. The number of carbonyl (C=O) groups excluding carboxylic acids is 1. The van der Waals surface area contributed by atoms with Crippen molar-refractivity contribution in [3.05, 3.63) is 29.3 Å². The Hall–Kier alpha value is -1.84. The van der Waals surface area contributed by atoms with E-state index in [1.54, 1.807) is 0 Å². The summed E-state index contributed by atoms with van der Waals surface area (Å²) < 4.78 is 0. The standard InChI is InChI=1S/C12H14O4/c1-7(2)5-8-6-9(13)3-4-10(8)11(14)12(15)16/h3-4,6-7,13H,5H2,1-2H3,(H,15,16). The van der Waals surface area contributed by atoms with Crippen LogP contribution in [-0.2, 0) is 11.2 Å². The minimum Gasteiger partial charge on any atom is -0.508 e. The summed E-state index contributed by atoms with van der Waals surface area (Å²) in [5, 5.41) is 18.0. The number of phenols is 1. The fraction of sp³-hybridized carbons (Fsp3) is 0.333. The lowest BCUT2D eigenvalue weighted by Crippen LogP contribution is -2.15. The van der Waals surface area contributed by atoms with Crippen LogP contribution < -0.4 is 0 Å². The number of phenolic OH excluding ortho intramolecular Hbond substituents is 1. The summed E-state index contributed by atoms with van der Waals surface area (Å²) in [5.41, 5.74) is 0.724. The lowest BCUT2D eigenvalue weighted by atomic mass is 9.95. The van der Waals surface area contributed by atoms with E-state index in [0.29, 0.717) is 12.0 Å². The Morgan fingerprint density at radius 3 is 2.44 bits per heavy atom. The molecule has 0 aromatic heterocycles. The molecule has 0 unspecified atom stereocenters. The van der Waals surface area contributed by atoms with Gasteiger partial charge in [0.1, 0.15) is 5.75 Å². The molecule has 2 N–H and O–H groups in total. The molecule has 1 aromatic rings. The van der Waals surface area contributed by atoms with Gasteiger partial charge in [0.2, 0.25) is 0 Å². The molecular formula is C12H14O4. The highest BCUT2D eigenvalue weighted by molar-refractivity contribution is 6.40. The molecule has 1 aromatic carbocycles. The first-order valence-electron chi connectivity index (χ1n) is 5.01. The molecule has 0 aliphatic heterocycles. The monoisotopic (exact) mass is 222 g/mol. The molecule has 0 heterocycles. The zero-order valence-corrected chi connectivity index (χ0v) is 9.23. The van der Waals surface area contributed by atoms with Crippen LogP contribution in [0, 0.1) is 5.92 Å². The molecule has 1 rings (SSSR count). The van der Waals surface area contributed by atoms with Crippen molar-refractivity contribution in [3.8, 4) is 5.75 Å². The van der Waals surface area contributed by atoms with Crippen LogP contribution in [0.3, 0.4) is 0 Å². The molecule has 4 heteroatoms. The number of carboxylic acids is 1. The topological polar surface area (TPSA) is 74.6 Å². The van der Waals surface area contributed by atoms with Gasteiger partial charge in [-0.25, -0.2) is 4.79 Å². The summed E-state index contributed by atoms with van der Waals surface area (Å²) in [6, 6.07) is 4.11. The summed E-state index contributed by atoms with van der Waals surface area (Å²) in [7, 11) is 0. The number of aromatic hydroxyl groups is 1. The van der Waals surface area contributed by atoms with Crippen molar-refractivity contribution in [2.75, 3.05) is 0 Å². The van der Waals surface area contributed by atoms with Gasteiger partial charge in [0.25, 0.3) is 5.78 Å². The predicted octanol–water partition coefficient (Wildman–Crippen LogP) is 1.86. The van der Waals surface area contributed by atoms with Gasteiger partial charge in [-0.2, -0.15) is 0 Å². The number of Topliss-reactive ketones (excluding diaryl/α,β-unsaturated/α-hetero) is 1. The number of hydrogen-bond acceptors (Lipinski definition) is 3. The Kier molecular flexibility index (Phi) is 3.66. The maximum Gasteiger partial charge on any atom is 0.377 e. The van der Waals surface area contributed by atoms with Gasteiger partial charge in [0.05, 0.1) is 0 Å². The number of aliphatic carboxylic acids is 1. The van der Waals surface area contributed by atoms with E-state index in [1.807, 2.05) is 13.8 Å². The van der Waals surface area contributed by atoms with Crippen molar-refractivity contribution < 1.29 is 19.8 Å². The number of carbonyl (C=O) groups is 2. The minimum absolute atomic E-state index is 0.0394. The highest BCUT2D eigenvalue weighted by Gasteiger charge is 2.19. The van der Waals surface area contributed by atoms with E-state index < -0.39 is 11.8 Å². The van der Waals surface area contributed by atoms with Crippen LogP contribution >= 0.6 is 0 Å². The Balaban J connectivity index is 3.17. The normalized spacial score (nSPS) is 10.4. The van der Waals surface area contributed by atoms with Gasteiger partial charge in [-0.05, 0) is 36.1 Å². The molecule has 16 heavy (non-hydrogen) atoms. The van der Waals surface area contributed by atoms with Crippen molar-refractivity contribution in [1.29, 1.82) is 0 Å². The van der Waals surface area contributed by atoms with Crippen LogP contribution in [0.25, 0.3) is 0 Å². The van der Waals surface area contributed by atoms with Gasteiger partial charge in [-0.1, -0.05) is 13.8 Å². The van der Waals surface area contributed by atoms with Gasteiger partial charge >= 0.3 is 5.97 Å². The summed E-state index contributed by atoms with van der Waals surface area (Å²) in [6.45, 7) is 3.91. The smallest absolute Gasteiger partial charge is 0.377 e. The molecule has 0 fully saturated rings. The molecule has 0 saturated heterocycles. The Bertz CT molecular complexity index is 421. The average molecular weight is 222 g/mol. The number of benzene rings is 1. The highest BCUT2D eigenvalue weighted by atomic mass is 16.4. The van der Waals surface area contributed by atoms with Crippen LogP contribution in [0.15, 0.2) is 18.2 Å². The average Bonchev–Trinajstić information content (AvgIpc) is 2.15. The first-order valence-corrected chi connectivity index (χ1v) is 5.01. The number of carboxylic acid groups (broad SMARTS) is 1. The SMILES string of the molecule is CC(C)Cc1cc(O)ccc1C(=O)C(=O)O. The van der Waals surface area contributed by atoms with Crippen molar-refractivity contribution in [2.24, 2.45) is 5.92 Å². The Labute approximate surface area is 93.5 Å². The van der Waals surface area contributed by atoms with Crippen LogP contribution in [0.2, 0.25) is 0 Å². The van der Waals surface area contributed by atoms with Crippen LogP contribution in [0.4, 0.5) is 0 Å². The molecular weight excluding hydrogens is 208 g/mol.